The second-order valence-electron chi connectivity index (χ2n) is 6.07. The van der Waals surface area contributed by atoms with E-state index in [1.807, 2.05) is 6.26 Å². The Morgan fingerprint density at radius 2 is 2.20 bits per heavy atom. The minimum absolute atomic E-state index is 0.360. The largest absolute Gasteiger partial charge is 0.480 e. The highest BCUT2D eigenvalue weighted by Gasteiger charge is 2.27. The third-order valence-corrected chi connectivity index (χ3v) is 5.29. The zero-order valence-electron chi connectivity index (χ0n) is 13.8. The number of amides is 1. The van der Waals surface area contributed by atoms with Crippen LogP contribution in [0.5, 0.6) is 0 Å². The van der Waals surface area contributed by atoms with Gasteiger partial charge in [-0.1, -0.05) is 11.6 Å². The van der Waals surface area contributed by atoms with Crippen molar-refractivity contribution in [1.29, 1.82) is 0 Å². The molecule has 0 radical (unpaired) electrons. The van der Waals surface area contributed by atoms with Crippen LogP contribution >= 0.6 is 23.4 Å². The lowest BCUT2D eigenvalue weighted by molar-refractivity contribution is -0.139. The van der Waals surface area contributed by atoms with Crippen molar-refractivity contribution in [2.75, 3.05) is 12.0 Å². The fourth-order valence-corrected chi connectivity index (χ4v) is 3.86. The van der Waals surface area contributed by atoms with Gasteiger partial charge in [-0.15, -0.1) is 0 Å². The molecular formula is C18H19ClN2O3S. The fraction of sp³-hybridized carbons (Fsp3) is 0.389. The summed E-state index contributed by atoms with van der Waals surface area (Å²) in [7, 11) is 0. The first-order valence-electron chi connectivity index (χ1n) is 8.15. The van der Waals surface area contributed by atoms with Gasteiger partial charge in [0.15, 0.2) is 0 Å². The molecule has 1 amide bonds. The van der Waals surface area contributed by atoms with Gasteiger partial charge >= 0.3 is 5.97 Å². The molecular weight excluding hydrogens is 360 g/mol. The third-order valence-electron chi connectivity index (χ3n) is 4.41. The first-order valence-corrected chi connectivity index (χ1v) is 9.92. The highest BCUT2D eigenvalue weighted by molar-refractivity contribution is 7.98. The van der Waals surface area contributed by atoms with Gasteiger partial charge < -0.3 is 10.4 Å². The summed E-state index contributed by atoms with van der Waals surface area (Å²) in [4.78, 5) is 29.1. The van der Waals surface area contributed by atoms with Crippen LogP contribution in [0, 0.1) is 0 Å². The summed E-state index contributed by atoms with van der Waals surface area (Å²) in [5.41, 5.74) is 3.08. The number of fused-ring (bicyclic) bond motifs is 2. The number of rotatable bonds is 6. The Balaban J connectivity index is 2.03. The third kappa shape index (κ3) is 3.75. The molecule has 1 atom stereocenters. The fourth-order valence-electron chi connectivity index (χ4n) is 3.22. The van der Waals surface area contributed by atoms with Crippen molar-refractivity contribution in [3.63, 3.8) is 0 Å². The molecule has 25 heavy (non-hydrogen) atoms. The maximum atomic E-state index is 13.0. The number of benzene rings is 1. The van der Waals surface area contributed by atoms with E-state index in [4.69, 9.17) is 11.6 Å². The molecule has 132 valence electrons. The Kier molecular flexibility index (Phi) is 5.49. The maximum Gasteiger partial charge on any atom is 0.326 e. The van der Waals surface area contributed by atoms with Gasteiger partial charge in [0.1, 0.15) is 6.04 Å². The zero-order chi connectivity index (χ0) is 18.0. The molecule has 1 aromatic carbocycles. The van der Waals surface area contributed by atoms with Crippen molar-refractivity contribution in [2.24, 2.45) is 0 Å². The number of carboxylic acids is 1. The normalized spacial score (nSPS) is 14.3. The lowest BCUT2D eigenvalue weighted by Crippen LogP contribution is -2.41. The summed E-state index contributed by atoms with van der Waals surface area (Å²) < 4.78 is 0. The number of nitrogens with zero attached hydrogens (tertiary/aromatic N) is 1. The molecule has 0 saturated carbocycles. The van der Waals surface area contributed by atoms with Gasteiger partial charge in [0.2, 0.25) is 0 Å². The van der Waals surface area contributed by atoms with Gasteiger partial charge in [-0.25, -0.2) is 4.79 Å². The quantitative estimate of drug-likeness (QED) is 0.806. The Morgan fingerprint density at radius 3 is 2.92 bits per heavy atom. The van der Waals surface area contributed by atoms with Crippen LogP contribution in [-0.4, -0.2) is 40.0 Å². The minimum Gasteiger partial charge on any atom is -0.480 e. The van der Waals surface area contributed by atoms with Crippen LogP contribution in [0.1, 0.15) is 34.5 Å². The molecule has 5 nitrogen and oxygen atoms in total. The second-order valence-corrected chi connectivity index (χ2v) is 7.49. The predicted molar refractivity (Wildman–Crippen MR) is 101 cm³/mol. The molecule has 3 rings (SSSR count). The number of carbonyl (C=O) groups is 2. The van der Waals surface area contributed by atoms with E-state index >= 15 is 0 Å². The van der Waals surface area contributed by atoms with E-state index in [0.717, 1.165) is 30.5 Å². The lowest BCUT2D eigenvalue weighted by Gasteiger charge is -2.17. The predicted octanol–water partition coefficient (Wildman–Crippen LogP) is 3.31. The molecule has 0 bridgehead atoms. The van der Waals surface area contributed by atoms with Gasteiger partial charge in [0.05, 0.1) is 11.1 Å². The summed E-state index contributed by atoms with van der Waals surface area (Å²) in [5, 5.41) is 13.3. The SMILES string of the molecule is CSCCC(NC(=O)c1c2c(nc3ccc(Cl)cc13)CCC2)C(=O)O. The summed E-state index contributed by atoms with van der Waals surface area (Å²) in [5.74, 6) is -0.713. The van der Waals surface area contributed by atoms with E-state index in [-0.39, 0.29) is 5.91 Å². The first kappa shape index (κ1) is 18.0. The smallest absolute Gasteiger partial charge is 0.326 e. The number of pyridine rings is 1. The van der Waals surface area contributed by atoms with E-state index in [9.17, 15) is 14.7 Å². The van der Waals surface area contributed by atoms with Crippen LogP contribution in [0.25, 0.3) is 10.9 Å². The Hall–Kier alpha value is -1.79. The van der Waals surface area contributed by atoms with Crippen molar-refractivity contribution >= 4 is 46.1 Å². The lowest BCUT2D eigenvalue weighted by atomic mass is 10.00. The average Bonchev–Trinajstić information content (AvgIpc) is 3.03. The molecule has 2 N–H and O–H groups in total. The number of carboxylic acid groups (broad SMARTS) is 1. The standard InChI is InChI=1S/C18H19ClN2O3S/c1-25-8-7-15(18(23)24)21-17(22)16-11-3-2-4-13(11)20-14-6-5-10(19)9-12(14)16/h5-6,9,15H,2-4,7-8H2,1H3,(H,21,22)(H,23,24). The summed E-state index contributed by atoms with van der Waals surface area (Å²) in [6, 6.07) is 4.38. The van der Waals surface area contributed by atoms with E-state index in [1.165, 1.54) is 0 Å². The van der Waals surface area contributed by atoms with Crippen molar-refractivity contribution in [1.82, 2.24) is 10.3 Å². The van der Waals surface area contributed by atoms with Crippen LogP contribution in [-0.2, 0) is 17.6 Å². The van der Waals surface area contributed by atoms with Gasteiger partial charge in [0, 0.05) is 16.1 Å². The van der Waals surface area contributed by atoms with Gasteiger partial charge in [0.25, 0.3) is 5.91 Å². The molecule has 1 aliphatic rings. The molecule has 7 heteroatoms. The maximum absolute atomic E-state index is 13.0. The van der Waals surface area contributed by atoms with Crippen LogP contribution in [0.3, 0.4) is 0 Å². The topological polar surface area (TPSA) is 79.3 Å². The van der Waals surface area contributed by atoms with Crippen molar-refractivity contribution in [3.8, 4) is 0 Å². The van der Waals surface area contributed by atoms with Crippen molar-refractivity contribution in [3.05, 3.63) is 40.0 Å². The number of aryl methyl sites for hydroxylation is 1. The number of thioether (sulfide) groups is 1. The van der Waals surface area contributed by atoms with Gasteiger partial charge in [-0.3, -0.25) is 9.78 Å². The molecule has 0 aliphatic heterocycles. The molecule has 2 aromatic rings. The van der Waals surface area contributed by atoms with Crippen LogP contribution in [0.15, 0.2) is 18.2 Å². The Morgan fingerprint density at radius 1 is 1.40 bits per heavy atom. The molecule has 1 aromatic heterocycles. The van der Waals surface area contributed by atoms with Crippen LogP contribution in [0.4, 0.5) is 0 Å². The van der Waals surface area contributed by atoms with E-state index in [1.54, 1.807) is 30.0 Å². The summed E-state index contributed by atoms with van der Waals surface area (Å²) in [6.45, 7) is 0. The van der Waals surface area contributed by atoms with Crippen LogP contribution < -0.4 is 5.32 Å². The number of carbonyl (C=O) groups excluding carboxylic acids is 1. The number of hydrogen-bond acceptors (Lipinski definition) is 4. The number of nitrogens with one attached hydrogen (secondary N) is 1. The second kappa shape index (κ2) is 7.62. The minimum atomic E-state index is -1.02. The van der Waals surface area contributed by atoms with Gasteiger partial charge in [-0.2, -0.15) is 11.8 Å². The summed E-state index contributed by atoms with van der Waals surface area (Å²) >= 11 is 7.67. The van der Waals surface area contributed by atoms with E-state index < -0.39 is 12.0 Å². The monoisotopic (exact) mass is 378 g/mol. The highest BCUT2D eigenvalue weighted by atomic mass is 35.5. The molecule has 1 aliphatic carbocycles. The van der Waals surface area contributed by atoms with Crippen molar-refractivity contribution < 1.29 is 14.7 Å². The number of halogens is 1. The molecule has 0 saturated heterocycles. The highest BCUT2D eigenvalue weighted by Crippen LogP contribution is 2.31. The zero-order valence-corrected chi connectivity index (χ0v) is 15.4. The van der Waals surface area contributed by atoms with E-state index in [2.05, 4.69) is 10.3 Å². The van der Waals surface area contributed by atoms with Crippen LogP contribution in [0.2, 0.25) is 5.02 Å². The Bertz CT molecular complexity index is 841. The first-order chi connectivity index (χ1) is 12.0. The van der Waals surface area contributed by atoms with E-state index in [0.29, 0.717) is 33.7 Å². The number of aromatic nitrogens is 1. The molecule has 0 spiro atoms. The average molecular weight is 379 g/mol. The number of aliphatic carboxylic acids is 1. The van der Waals surface area contributed by atoms with Gasteiger partial charge in [-0.05, 0) is 61.5 Å². The number of hydrogen-bond donors (Lipinski definition) is 2. The summed E-state index contributed by atoms with van der Waals surface area (Å²) in [6.07, 6.45) is 4.85. The molecule has 1 heterocycles. The molecule has 0 fully saturated rings. The van der Waals surface area contributed by atoms with Crippen molar-refractivity contribution in [2.45, 2.75) is 31.7 Å². The Labute approximate surface area is 155 Å². The molecule has 1 unspecified atom stereocenters.